The van der Waals surface area contributed by atoms with Crippen LogP contribution in [0.5, 0.6) is 0 Å². The molecule has 19 heavy (non-hydrogen) atoms. The third kappa shape index (κ3) is 4.06. The summed E-state index contributed by atoms with van der Waals surface area (Å²) in [6.07, 6.45) is 0. The van der Waals surface area contributed by atoms with Gasteiger partial charge in [-0.15, -0.1) is 0 Å². The molecule has 0 amide bonds. The van der Waals surface area contributed by atoms with Gasteiger partial charge in [0.1, 0.15) is 11.5 Å². The molecule has 2 rings (SSSR count). The predicted octanol–water partition coefficient (Wildman–Crippen LogP) is 1.84. The summed E-state index contributed by atoms with van der Waals surface area (Å²) in [5.41, 5.74) is 1.30. The zero-order valence-corrected chi connectivity index (χ0v) is 12.5. The number of rotatable bonds is 6. The average Bonchev–Trinajstić information content (AvgIpc) is 2.77. The van der Waals surface area contributed by atoms with Crippen molar-refractivity contribution in [3.05, 3.63) is 23.2 Å². The molecule has 0 unspecified atom stereocenters. The van der Waals surface area contributed by atoms with E-state index >= 15 is 0 Å². The van der Waals surface area contributed by atoms with Gasteiger partial charge in [0.05, 0.1) is 6.54 Å². The second kappa shape index (κ2) is 7.08. The van der Waals surface area contributed by atoms with Gasteiger partial charge < -0.3 is 14.6 Å². The molecule has 0 bridgehead atoms. The van der Waals surface area contributed by atoms with Crippen LogP contribution in [-0.4, -0.2) is 49.1 Å². The fraction of sp³-hybridized carbons (Fsp3) is 0.733. The van der Waals surface area contributed by atoms with Crippen LogP contribution in [0, 0.1) is 6.92 Å². The van der Waals surface area contributed by atoms with Crippen molar-refractivity contribution in [3.63, 3.8) is 0 Å². The largest absolute Gasteiger partial charge is 0.465 e. The molecular weight excluding hydrogens is 238 g/mol. The Hall–Kier alpha value is -0.840. The molecule has 0 radical (unpaired) electrons. The van der Waals surface area contributed by atoms with E-state index in [4.69, 9.17) is 4.42 Å². The van der Waals surface area contributed by atoms with Gasteiger partial charge >= 0.3 is 0 Å². The van der Waals surface area contributed by atoms with Crippen LogP contribution in [0.4, 0.5) is 0 Å². The molecule has 1 saturated heterocycles. The summed E-state index contributed by atoms with van der Waals surface area (Å²) >= 11 is 0. The molecule has 1 aliphatic heterocycles. The number of aryl methyl sites for hydroxylation is 1. The number of hydrogen-bond acceptors (Lipinski definition) is 4. The smallest absolute Gasteiger partial charge is 0.118 e. The van der Waals surface area contributed by atoms with E-state index in [1.165, 1.54) is 25.2 Å². The molecule has 108 valence electrons. The summed E-state index contributed by atoms with van der Waals surface area (Å²) < 4.78 is 5.87. The minimum Gasteiger partial charge on any atom is -0.465 e. The molecule has 0 saturated carbocycles. The van der Waals surface area contributed by atoms with Crippen molar-refractivity contribution in [3.8, 4) is 0 Å². The first-order valence-electron chi connectivity index (χ1n) is 7.46. The van der Waals surface area contributed by atoms with Gasteiger partial charge in [0, 0.05) is 38.3 Å². The van der Waals surface area contributed by atoms with Gasteiger partial charge in [-0.2, -0.15) is 0 Å². The first-order chi connectivity index (χ1) is 9.22. The van der Waals surface area contributed by atoms with E-state index < -0.39 is 0 Å². The van der Waals surface area contributed by atoms with Crippen LogP contribution < -0.4 is 5.32 Å². The molecule has 0 atom stereocenters. The number of hydrogen-bond donors (Lipinski definition) is 1. The number of piperazine rings is 1. The van der Waals surface area contributed by atoms with E-state index in [0.29, 0.717) is 0 Å². The molecule has 1 N–H and O–H groups in total. The molecule has 4 nitrogen and oxygen atoms in total. The first-order valence-corrected chi connectivity index (χ1v) is 7.46. The molecular formula is C15H27N3O. The van der Waals surface area contributed by atoms with E-state index in [0.717, 1.165) is 44.2 Å². The molecule has 4 heteroatoms. The molecule has 0 spiro atoms. The summed E-state index contributed by atoms with van der Waals surface area (Å²) in [7, 11) is 0. The Morgan fingerprint density at radius 3 is 2.47 bits per heavy atom. The predicted molar refractivity (Wildman–Crippen MR) is 78.2 cm³/mol. The summed E-state index contributed by atoms with van der Waals surface area (Å²) in [5.74, 6) is 2.17. The number of likely N-dealkylation sites (N-methyl/N-ethyl adjacent to an activating group) is 1. The monoisotopic (exact) mass is 265 g/mol. The highest BCUT2D eigenvalue weighted by molar-refractivity contribution is 5.20. The Morgan fingerprint density at radius 2 is 1.84 bits per heavy atom. The third-order valence-electron chi connectivity index (χ3n) is 3.93. The zero-order valence-electron chi connectivity index (χ0n) is 12.5. The standard InChI is InChI=1S/C15H27N3O/c1-4-16-11-14-10-15(19-13(14)3)12-18-8-6-17(5-2)7-9-18/h10,16H,4-9,11-12H2,1-3H3. The first kappa shape index (κ1) is 14.6. The van der Waals surface area contributed by atoms with Crippen LogP contribution >= 0.6 is 0 Å². The van der Waals surface area contributed by atoms with Crippen molar-refractivity contribution in [1.29, 1.82) is 0 Å². The molecule has 0 aromatic carbocycles. The van der Waals surface area contributed by atoms with Crippen LogP contribution in [0.1, 0.15) is 30.9 Å². The Labute approximate surface area is 116 Å². The van der Waals surface area contributed by atoms with Crippen LogP contribution in [0.3, 0.4) is 0 Å². The van der Waals surface area contributed by atoms with E-state index in [9.17, 15) is 0 Å². The van der Waals surface area contributed by atoms with Gasteiger partial charge in [-0.25, -0.2) is 0 Å². The van der Waals surface area contributed by atoms with Crippen LogP contribution in [0.25, 0.3) is 0 Å². The SMILES string of the molecule is CCNCc1cc(CN2CCN(CC)CC2)oc1C. The third-order valence-corrected chi connectivity index (χ3v) is 3.93. The lowest BCUT2D eigenvalue weighted by Crippen LogP contribution is -2.45. The zero-order chi connectivity index (χ0) is 13.7. The van der Waals surface area contributed by atoms with Gasteiger partial charge in [-0.1, -0.05) is 13.8 Å². The topological polar surface area (TPSA) is 31.6 Å². The van der Waals surface area contributed by atoms with E-state index in [2.05, 4.69) is 42.0 Å². The van der Waals surface area contributed by atoms with Gasteiger partial charge in [0.15, 0.2) is 0 Å². The van der Waals surface area contributed by atoms with Crippen molar-refractivity contribution in [1.82, 2.24) is 15.1 Å². The van der Waals surface area contributed by atoms with Crippen LogP contribution in [0.2, 0.25) is 0 Å². The Balaban J connectivity index is 1.86. The lowest BCUT2D eigenvalue weighted by Gasteiger charge is -2.33. The van der Waals surface area contributed by atoms with Gasteiger partial charge in [-0.3, -0.25) is 4.90 Å². The fourth-order valence-corrected chi connectivity index (χ4v) is 2.58. The lowest BCUT2D eigenvalue weighted by molar-refractivity contribution is 0.125. The lowest BCUT2D eigenvalue weighted by atomic mass is 10.2. The maximum atomic E-state index is 5.87. The van der Waals surface area contributed by atoms with Crippen LogP contribution in [-0.2, 0) is 13.1 Å². The van der Waals surface area contributed by atoms with E-state index in [1.807, 2.05) is 0 Å². The van der Waals surface area contributed by atoms with Crippen molar-refractivity contribution in [2.24, 2.45) is 0 Å². The van der Waals surface area contributed by atoms with E-state index in [-0.39, 0.29) is 0 Å². The molecule has 1 aromatic heterocycles. The Bertz CT molecular complexity index is 381. The van der Waals surface area contributed by atoms with Gasteiger partial charge in [0.25, 0.3) is 0 Å². The quantitative estimate of drug-likeness (QED) is 0.850. The molecule has 0 aliphatic carbocycles. The highest BCUT2D eigenvalue weighted by Crippen LogP contribution is 2.17. The summed E-state index contributed by atoms with van der Waals surface area (Å²) in [6, 6.07) is 2.21. The van der Waals surface area contributed by atoms with Crippen LogP contribution in [0.15, 0.2) is 10.5 Å². The average molecular weight is 265 g/mol. The maximum Gasteiger partial charge on any atom is 0.118 e. The summed E-state index contributed by atoms with van der Waals surface area (Å²) in [6.45, 7) is 15.1. The summed E-state index contributed by atoms with van der Waals surface area (Å²) in [4.78, 5) is 4.99. The minimum atomic E-state index is 0.912. The highest BCUT2D eigenvalue weighted by Gasteiger charge is 2.17. The van der Waals surface area contributed by atoms with Crippen molar-refractivity contribution in [2.75, 3.05) is 39.3 Å². The number of nitrogens with zero attached hydrogens (tertiary/aromatic N) is 2. The number of nitrogens with one attached hydrogen (secondary N) is 1. The Kier molecular flexibility index (Phi) is 5.43. The molecule has 2 heterocycles. The maximum absolute atomic E-state index is 5.87. The minimum absolute atomic E-state index is 0.912. The van der Waals surface area contributed by atoms with E-state index in [1.54, 1.807) is 0 Å². The highest BCUT2D eigenvalue weighted by atomic mass is 16.3. The second-order valence-corrected chi connectivity index (χ2v) is 5.28. The summed E-state index contributed by atoms with van der Waals surface area (Å²) in [5, 5.41) is 3.36. The fourth-order valence-electron chi connectivity index (χ4n) is 2.58. The molecule has 1 aliphatic rings. The van der Waals surface area contributed by atoms with Gasteiger partial charge in [0.2, 0.25) is 0 Å². The Morgan fingerprint density at radius 1 is 1.16 bits per heavy atom. The molecule has 1 fully saturated rings. The second-order valence-electron chi connectivity index (χ2n) is 5.28. The number of furan rings is 1. The normalized spacial score (nSPS) is 18.1. The van der Waals surface area contributed by atoms with Gasteiger partial charge in [-0.05, 0) is 26.1 Å². The molecule has 1 aromatic rings. The van der Waals surface area contributed by atoms with Crippen molar-refractivity contribution in [2.45, 2.75) is 33.9 Å². The van der Waals surface area contributed by atoms with Crippen molar-refractivity contribution < 1.29 is 4.42 Å². The van der Waals surface area contributed by atoms with Crippen molar-refractivity contribution >= 4 is 0 Å².